The molecule has 0 amide bonds. The molecule has 0 fully saturated rings. The van der Waals surface area contributed by atoms with Crippen molar-refractivity contribution in [2.75, 3.05) is 0 Å². The van der Waals surface area contributed by atoms with Gasteiger partial charge in [-0.3, -0.25) is 19.0 Å². The van der Waals surface area contributed by atoms with Crippen LogP contribution in [-0.4, -0.2) is 19.3 Å². The number of hydrogen-bond donors (Lipinski definition) is 1. The van der Waals surface area contributed by atoms with E-state index >= 15 is 0 Å². The number of nitrogens with one attached hydrogen (secondary N) is 1. The van der Waals surface area contributed by atoms with Gasteiger partial charge in [-0.05, 0) is 12.8 Å². The lowest BCUT2D eigenvalue weighted by atomic mass is 10.3. The Hall–Kier alpha value is -1.85. The molecule has 0 bridgehead atoms. The summed E-state index contributed by atoms with van der Waals surface area (Å²) in [7, 11) is 0. The predicted octanol–water partition coefficient (Wildman–Crippen LogP) is 1.49. The lowest BCUT2D eigenvalue weighted by molar-refractivity contribution is 0.532. The van der Waals surface area contributed by atoms with Crippen LogP contribution in [0.5, 0.6) is 0 Å². The first-order valence-corrected chi connectivity index (χ1v) is 6.87. The molecule has 104 valence electrons. The molecule has 0 saturated carbocycles. The van der Waals surface area contributed by atoms with E-state index in [0.29, 0.717) is 24.1 Å². The molecule has 0 aliphatic heterocycles. The summed E-state index contributed by atoms with van der Waals surface area (Å²) in [6, 6.07) is 0. The van der Waals surface area contributed by atoms with Crippen LogP contribution in [0.3, 0.4) is 0 Å². The summed E-state index contributed by atoms with van der Waals surface area (Å²) in [5.74, 6) is 0. The minimum atomic E-state index is -0.265. The Morgan fingerprint density at radius 3 is 2.37 bits per heavy atom. The SMILES string of the molecule is CCCCn1c(=O)c2[nH]ncc2n(CCCC)c1=O. The number of aromatic amines is 1. The third-order valence-corrected chi connectivity index (χ3v) is 3.30. The predicted molar refractivity (Wildman–Crippen MR) is 74.4 cm³/mol. The highest BCUT2D eigenvalue weighted by Gasteiger charge is 2.13. The number of aromatic nitrogens is 4. The number of H-pyrrole nitrogens is 1. The van der Waals surface area contributed by atoms with Gasteiger partial charge in [-0.2, -0.15) is 5.10 Å². The van der Waals surface area contributed by atoms with Gasteiger partial charge in [-0.1, -0.05) is 26.7 Å². The Balaban J connectivity index is 2.61. The summed E-state index contributed by atoms with van der Waals surface area (Å²) in [4.78, 5) is 24.6. The number of nitrogens with zero attached hydrogens (tertiary/aromatic N) is 3. The fraction of sp³-hybridized carbons (Fsp3) is 0.615. The molecule has 0 radical (unpaired) electrons. The van der Waals surface area contributed by atoms with Crippen LogP contribution < -0.4 is 11.2 Å². The average Bonchev–Trinajstić information content (AvgIpc) is 2.88. The van der Waals surface area contributed by atoms with Gasteiger partial charge >= 0.3 is 5.69 Å². The molecule has 0 aromatic carbocycles. The van der Waals surface area contributed by atoms with Gasteiger partial charge in [-0.15, -0.1) is 0 Å². The molecule has 0 unspecified atom stereocenters. The van der Waals surface area contributed by atoms with E-state index in [1.54, 1.807) is 10.8 Å². The van der Waals surface area contributed by atoms with E-state index in [1.165, 1.54) is 4.57 Å². The summed E-state index contributed by atoms with van der Waals surface area (Å²) in [5.41, 5.74) is 0.544. The molecule has 0 aliphatic carbocycles. The molecular formula is C13H20N4O2. The fourth-order valence-electron chi connectivity index (χ4n) is 2.16. The third kappa shape index (κ3) is 2.47. The highest BCUT2D eigenvalue weighted by molar-refractivity contribution is 5.72. The van der Waals surface area contributed by atoms with Crippen LogP contribution in [0.1, 0.15) is 39.5 Å². The molecule has 6 nitrogen and oxygen atoms in total. The molecule has 0 aliphatic rings. The van der Waals surface area contributed by atoms with Crippen molar-refractivity contribution in [2.45, 2.75) is 52.6 Å². The highest BCUT2D eigenvalue weighted by atomic mass is 16.2. The minimum absolute atomic E-state index is 0.221. The summed E-state index contributed by atoms with van der Waals surface area (Å²) in [6.07, 6.45) is 5.23. The van der Waals surface area contributed by atoms with Crippen molar-refractivity contribution in [2.24, 2.45) is 0 Å². The lowest BCUT2D eigenvalue weighted by Gasteiger charge is -2.10. The fourth-order valence-corrected chi connectivity index (χ4v) is 2.16. The van der Waals surface area contributed by atoms with Crippen molar-refractivity contribution in [3.63, 3.8) is 0 Å². The lowest BCUT2D eigenvalue weighted by Crippen LogP contribution is -2.40. The minimum Gasteiger partial charge on any atom is -0.290 e. The number of rotatable bonds is 6. The molecule has 0 saturated heterocycles. The van der Waals surface area contributed by atoms with Crippen LogP contribution >= 0.6 is 0 Å². The largest absolute Gasteiger partial charge is 0.331 e. The monoisotopic (exact) mass is 264 g/mol. The van der Waals surface area contributed by atoms with Gasteiger partial charge in [0.1, 0.15) is 5.52 Å². The molecule has 2 aromatic heterocycles. The molecule has 0 spiro atoms. The van der Waals surface area contributed by atoms with E-state index in [-0.39, 0.29) is 11.2 Å². The van der Waals surface area contributed by atoms with E-state index < -0.39 is 0 Å². The molecule has 2 rings (SSSR count). The first-order chi connectivity index (χ1) is 9.20. The number of aryl methyl sites for hydroxylation is 1. The van der Waals surface area contributed by atoms with Crippen LogP contribution in [0.25, 0.3) is 11.0 Å². The number of unbranched alkanes of at least 4 members (excludes halogenated alkanes) is 2. The van der Waals surface area contributed by atoms with Gasteiger partial charge in [0.2, 0.25) is 0 Å². The Kier molecular flexibility index (Phi) is 4.19. The summed E-state index contributed by atoms with van der Waals surface area (Å²) >= 11 is 0. The zero-order chi connectivity index (χ0) is 13.8. The average molecular weight is 264 g/mol. The first kappa shape index (κ1) is 13.6. The quantitative estimate of drug-likeness (QED) is 0.859. The summed E-state index contributed by atoms with van der Waals surface area (Å²) < 4.78 is 2.97. The van der Waals surface area contributed by atoms with Gasteiger partial charge in [0, 0.05) is 13.1 Å². The van der Waals surface area contributed by atoms with Crippen molar-refractivity contribution in [3.05, 3.63) is 27.0 Å². The Bertz CT molecular complexity index is 665. The van der Waals surface area contributed by atoms with Gasteiger partial charge in [0.25, 0.3) is 5.56 Å². The van der Waals surface area contributed by atoms with Crippen molar-refractivity contribution in [3.8, 4) is 0 Å². The second-order valence-electron chi connectivity index (χ2n) is 4.73. The Labute approximate surface area is 111 Å². The van der Waals surface area contributed by atoms with Gasteiger partial charge in [-0.25, -0.2) is 4.79 Å². The summed E-state index contributed by atoms with van der Waals surface area (Å²) in [5, 5.41) is 6.60. The summed E-state index contributed by atoms with van der Waals surface area (Å²) in [6.45, 7) is 5.20. The van der Waals surface area contributed by atoms with Gasteiger partial charge < -0.3 is 0 Å². The number of hydrogen-bond acceptors (Lipinski definition) is 3. The zero-order valence-electron chi connectivity index (χ0n) is 11.5. The second-order valence-corrected chi connectivity index (χ2v) is 4.73. The normalized spacial score (nSPS) is 11.3. The topological polar surface area (TPSA) is 72.7 Å². The molecule has 19 heavy (non-hydrogen) atoms. The second kappa shape index (κ2) is 5.86. The van der Waals surface area contributed by atoms with E-state index in [4.69, 9.17) is 0 Å². The van der Waals surface area contributed by atoms with E-state index in [0.717, 1.165) is 25.7 Å². The maximum Gasteiger partial charge on any atom is 0.331 e. The maximum absolute atomic E-state index is 12.4. The molecule has 2 aromatic rings. The molecular weight excluding hydrogens is 244 g/mol. The van der Waals surface area contributed by atoms with E-state index in [9.17, 15) is 9.59 Å². The maximum atomic E-state index is 12.4. The molecule has 6 heteroatoms. The van der Waals surface area contributed by atoms with Crippen molar-refractivity contribution in [1.29, 1.82) is 0 Å². The van der Waals surface area contributed by atoms with Crippen molar-refractivity contribution in [1.82, 2.24) is 19.3 Å². The Morgan fingerprint density at radius 1 is 1.11 bits per heavy atom. The van der Waals surface area contributed by atoms with Crippen LogP contribution in [0.4, 0.5) is 0 Å². The third-order valence-electron chi connectivity index (χ3n) is 3.30. The highest BCUT2D eigenvalue weighted by Crippen LogP contribution is 2.05. The van der Waals surface area contributed by atoms with Crippen molar-refractivity contribution >= 4 is 11.0 Å². The van der Waals surface area contributed by atoms with Crippen LogP contribution in [0, 0.1) is 0 Å². The number of fused-ring (bicyclic) bond motifs is 1. The standard InChI is InChI=1S/C13H20N4O2/c1-3-5-7-16-10-9-14-15-11(10)12(18)17(13(16)19)8-6-4-2/h9H,3-8H2,1-2H3,(H,14,15). The van der Waals surface area contributed by atoms with Crippen LogP contribution in [0.15, 0.2) is 15.8 Å². The first-order valence-electron chi connectivity index (χ1n) is 6.87. The Morgan fingerprint density at radius 2 is 1.74 bits per heavy atom. The van der Waals surface area contributed by atoms with E-state index in [1.807, 2.05) is 6.92 Å². The van der Waals surface area contributed by atoms with Crippen LogP contribution in [0.2, 0.25) is 0 Å². The molecule has 2 heterocycles. The van der Waals surface area contributed by atoms with Gasteiger partial charge in [0.05, 0.1) is 11.7 Å². The van der Waals surface area contributed by atoms with E-state index in [2.05, 4.69) is 17.1 Å². The van der Waals surface area contributed by atoms with Crippen LogP contribution in [-0.2, 0) is 13.1 Å². The smallest absolute Gasteiger partial charge is 0.290 e. The van der Waals surface area contributed by atoms with Gasteiger partial charge in [0.15, 0.2) is 0 Å². The molecule has 0 atom stereocenters. The zero-order valence-corrected chi connectivity index (χ0v) is 11.5. The molecule has 1 N–H and O–H groups in total. The van der Waals surface area contributed by atoms with Crippen molar-refractivity contribution < 1.29 is 0 Å².